The molecule has 0 amide bonds. The van der Waals surface area contributed by atoms with E-state index in [9.17, 15) is 4.79 Å². The normalized spacial score (nSPS) is 19.3. The van der Waals surface area contributed by atoms with Crippen LogP contribution in [0.1, 0.15) is 39.0 Å². The fourth-order valence-corrected chi connectivity index (χ4v) is 5.87. The quantitative estimate of drug-likeness (QED) is 0.459. The van der Waals surface area contributed by atoms with Gasteiger partial charge in [0, 0.05) is 0 Å². The summed E-state index contributed by atoms with van der Waals surface area (Å²) in [4.78, 5) is 12.4. The predicted octanol–water partition coefficient (Wildman–Crippen LogP) is 3.09. The van der Waals surface area contributed by atoms with Gasteiger partial charge in [-0.3, -0.25) is 0 Å². The van der Waals surface area contributed by atoms with Gasteiger partial charge in [-0.15, -0.1) is 0 Å². The standard InChI is InChI=1S/C16H21ClO2Se/c1-2-19-15(18)16(17,13-9-5-3-6-10-13)20-14-11-7-4-8-12-14/h4,7-8,11-13H,2-3,5-6,9-10H2,1H3. The second kappa shape index (κ2) is 7.49. The minimum atomic E-state index is -0.842. The van der Waals surface area contributed by atoms with Crippen molar-refractivity contribution < 1.29 is 9.53 Å². The molecule has 20 heavy (non-hydrogen) atoms. The van der Waals surface area contributed by atoms with Crippen molar-refractivity contribution >= 4 is 37.0 Å². The fraction of sp³-hybridized carbons (Fsp3) is 0.562. The first kappa shape index (κ1) is 15.9. The Kier molecular flexibility index (Phi) is 5.95. The Morgan fingerprint density at radius 1 is 1.30 bits per heavy atom. The van der Waals surface area contributed by atoms with E-state index in [4.69, 9.17) is 16.3 Å². The maximum atomic E-state index is 12.4. The third kappa shape index (κ3) is 3.78. The summed E-state index contributed by atoms with van der Waals surface area (Å²) in [6, 6.07) is 10.1. The van der Waals surface area contributed by atoms with E-state index in [1.165, 1.54) is 19.3 Å². The van der Waals surface area contributed by atoms with E-state index in [2.05, 4.69) is 12.1 Å². The van der Waals surface area contributed by atoms with Gasteiger partial charge in [0.15, 0.2) is 0 Å². The van der Waals surface area contributed by atoms with Crippen molar-refractivity contribution in [2.75, 3.05) is 6.61 Å². The van der Waals surface area contributed by atoms with Crippen LogP contribution in [-0.4, -0.2) is 31.3 Å². The Morgan fingerprint density at radius 2 is 1.95 bits per heavy atom. The summed E-state index contributed by atoms with van der Waals surface area (Å²) in [6.07, 6.45) is 5.67. The SMILES string of the molecule is CCOC(=O)C(Cl)([Se]c1ccccc1)C1CCCCC1. The zero-order chi connectivity index (χ0) is 14.4. The van der Waals surface area contributed by atoms with E-state index in [0.717, 1.165) is 17.3 Å². The number of esters is 1. The molecule has 0 heterocycles. The molecule has 0 bridgehead atoms. The number of carbonyl (C=O) groups is 1. The summed E-state index contributed by atoms with van der Waals surface area (Å²) in [5.41, 5.74) is 0. The van der Waals surface area contributed by atoms with E-state index in [1.54, 1.807) is 0 Å². The van der Waals surface area contributed by atoms with Crippen molar-refractivity contribution in [3.8, 4) is 0 Å². The van der Waals surface area contributed by atoms with Crippen LogP contribution in [0.15, 0.2) is 30.3 Å². The van der Waals surface area contributed by atoms with Crippen LogP contribution in [0.4, 0.5) is 0 Å². The van der Waals surface area contributed by atoms with Crippen LogP contribution in [0.3, 0.4) is 0 Å². The Bertz CT molecular complexity index is 431. The number of ether oxygens (including phenoxy) is 1. The molecule has 1 unspecified atom stereocenters. The minimum absolute atomic E-state index is 0.107. The monoisotopic (exact) mass is 360 g/mol. The van der Waals surface area contributed by atoms with Crippen LogP contribution >= 0.6 is 11.6 Å². The molecule has 0 aromatic heterocycles. The molecule has 2 rings (SSSR count). The van der Waals surface area contributed by atoms with Gasteiger partial charge >= 0.3 is 132 Å². The van der Waals surface area contributed by atoms with Crippen molar-refractivity contribution in [1.82, 2.24) is 0 Å². The van der Waals surface area contributed by atoms with Gasteiger partial charge in [-0.1, -0.05) is 0 Å². The van der Waals surface area contributed by atoms with Crippen molar-refractivity contribution in [3.63, 3.8) is 0 Å². The topological polar surface area (TPSA) is 26.3 Å². The van der Waals surface area contributed by atoms with Crippen LogP contribution in [0.25, 0.3) is 0 Å². The van der Waals surface area contributed by atoms with Gasteiger partial charge in [-0.05, 0) is 0 Å². The number of halogens is 1. The second-order valence-electron chi connectivity index (χ2n) is 5.12. The summed E-state index contributed by atoms with van der Waals surface area (Å²) in [5.74, 6) is 0.0228. The molecule has 1 atom stereocenters. The predicted molar refractivity (Wildman–Crippen MR) is 83.6 cm³/mol. The average molecular weight is 360 g/mol. The molecular weight excluding hydrogens is 339 g/mol. The zero-order valence-electron chi connectivity index (χ0n) is 11.8. The first-order chi connectivity index (χ1) is 9.66. The number of alkyl halides is 1. The van der Waals surface area contributed by atoms with E-state index < -0.39 is 3.77 Å². The summed E-state index contributed by atoms with van der Waals surface area (Å²) in [7, 11) is 0. The molecule has 1 aliphatic rings. The molecule has 110 valence electrons. The van der Waals surface area contributed by atoms with Crippen molar-refractivity contribution in [1.29, 1.82) is 0 Å². The zero-order valence-corrected chi connectivity index (χ0v) is 14.3. The van der Waals surface area contributed by atoms with Crippen molar-refractivity contribution in [2.45, 2.75) is 42.8 Å². The number of rotatable bonds is 5. The van der Waals surface area contributed by atoms with Crippen LogP contribution in [0.2, 0.25) is 0 Å². The third-order valence-corrected chi connectivity index (χ3v) is 7.30. The molecular formula is C16H21ClO2Se. The maximum absolute atomic E-state index is 12.4. The summed E-state index contributed by atoms with van der Waals surface area (Å²) in [6.45, 7) is 2.23. The Morgan fingerprint density at radius 3 is 2.55 bits per heavy atom. The average Bonchev–Trinajstić information content (AvgIpc) is 2.49. The number of hydrogen-bond acceptors (Lipinski definition) is 2. The van der Waals surface area contributed by atoms with Gasteiger partial charge in [-0.25, -0.2) is 0 Å². The number of benzene rings is 1. The Labute approximate surface area is 132 Å². The molecule has 4 heteroatoms. The van der Waals surface area contributed by atoms with Crippen LogP contribution in [-0.2, 0) is 9.53 Å². The van der Waals surface area contributed by atoms with Gasteiger partial charge in [0.2, 0.25) is 0 Å². The molecule has 1 aromatic rings. The van der Waals surface area contributed by atoms with E-state index in [-0.39, 0.29) is 26.8 Å². The van der Waals surface area contributed by atoms with E-state index in [1.807, 2.05) is 25.1 Å². The molecule has 0 radical (unpaired) electrons. The van der Waals surface area contributed by atoms with Gasteiger partial charge in [0.25, 0.3) is 0 Å². The fourth-order valence-electron chi connectivity index (χ4n) is 2.66. The van der Waals surface area contributed by atoms with Crippen LogP contribution in [0, 0.1) is 5.92 Å². The van der Waals surface area contributed by atoms with Crippen molar-refractivity contribution in [3.05, 3.63) is 30.3 Å². The summed E-state index contributed by atoms with van der Waals surface area (Å²) in [5, 5.41) is 0. The Hall–Kier alpha value is -0.501. The molecule has 1 fully saturated rings. The molecule has 1 aromatic carbocycles. The Balaban J connectivity index is 2.20. The number of carbonyl (C=O) groups excluding carboxylic acids is 1. The van der Waals surface area contributed by atoms with Gasteiger partial charge in [-0.2, -0.15) is 0 Å². The molecule has 2 nitrogen and oxygen atoms in total. The molecule has 0 spiro atoms. The molecule has 0 N–H and O–H groups in total. The van der Waals surface area contributed by atoms with Crippen LogP contribution < -0.4 is 4.46 Å². The molecule has 1 aliphatic carbocycles. The van der Waals surface area contributed by atoms with Crippen LogP contribution in [0.5, 0.6) is 0 Å². The van der Waals surface area contributed by atoms with Gasteiger partial charge in [0.1, 0.15) is 0 Å². The van der Waals surface area contributed by atoms with Crippen molar-refractivity contribution in [2.24, 2.45) is 5.92 Å². The molecule has 0 aliphatic heterocycles. The summed E-state index contributed by atoms with van der Waals surface area (Å²) >= 11 is 6.73. The summed E-state index contributed by atoms with van der Waals surface area (Å²) < 4.78 is 5.60. The first-order valence-corrected chi connectivity index (χ1v) is 9.36. The molecule has 0 saturated heterocycles. The first-order valence-electron chi connectivity index (χ1n) is 7.27. The number of hydrogen-bond donors (Lipinski definition) is 0. The third-order valence-electron chi connectivity index (χ3n) is 3.69. The second-order valence-corrected chi connectivity index (χ2v) is 8.99. The van der Waals surface area contributed by atoms with E-state index in [0.29, 0.717) is 6.61 Å². The van der Waals surface area contributed by atoms with E-state index >= 15 is 0 Å². The van der Waals surface area contributed by atoms with Gasteiger partial charge < -0.3 is 0 Å². The van der Waals surface area contributed by atoms with Gasteiger partial charge in [0.05, 0.1) is 0 Å². The molecule has 1 saturated carbocycles.